The monoisotopic (exact) mass is 576 g/mol. The topological polar surface area (TPSA) is 124 Å². The molecular formula is C27H27F3N4O5S. The lowest BCUT2D eigenvalue weighted by molar-refractivity contribution is -0.137. The van der Waals surface area contributed by atoms with Crippen LogP contribution in [0.5, 0.6) is 0 Å². The molecule has 2 aromatic carbocycles. The Morgan fingerprint density at radius 1 is 1.12 bits per heavy atom. The first-order valence-electron chi connectivity index (χ1n) is 12.6. The predicted octanol–water partition coefficient (Wildman–Crippen LogP) is 2.73. The van der Waals surface area contributed by atoms with E-state index in [2.05, 4.69) is 10.3 Å². The summed E-state index contributed by atoms with van der Waals surface area (Å²) in [4.78, 5) is 17.3. The van der Waals surface area contributed by atoms with E-state index < -0.39 is 39.3 Å². The maximum Gasteiger partial charge on any atom is 0.416 e. The highest BCUT2D eigenvalue weighted by molar-refractivity contribution is 7.92. The van der Waals surface area contributed by atoms with Crippen LogP contribution in [0.1, 0.15) is 29.5 Å². The number of carbonyl (C=O) groups is 1. The average molecular weight is 577 g/mol. The summed E-state index contributed by atoms with van der Waals surface area (Å²) in [5, 5.41) is 23.4. The Morgan fingerprint density at radius 3 is 2.55 bits per heavy atom. The van der Waals surface area contributed by atoms with Crippen molar-refractivity contribution in [1.82, 2.24) is 14.2 Å². The molecule has 3 aromatic rings. The lowest BCUT2D eigenvalue weighted by atomic mass is 9.89. The predicted molar refractivity (Wildman–Crippen MR) is 143 cm³/mol. The van der Waals surface area contributed by atoms with Crippen LogP contribution in [0.25, 0.3) is 17.0 Å². The van der Waals surface area contributed by atoms with E-state index in [9.17, 15) is 31.5 Å². The van der Waals surface area contributed by atoms with Crippen molar-refractivity contribution in [3.05, 3.63) is 76.8 Å². The van der Waals surface area contributed by atoms with Gasteiger partial charge in [0.25, 0.3) is 5.91 Å². The SMILES string of the molecule is O=C1NC(c2cccc(C(F)(F)F)c2)=NC12CCN(S(=O)(=O)C=Cc1cccc3c1ccn3C[C@H](O)CO)CC2. The van der Waals surface area contributed by atoms with Crippen LogP contribution in [0.15, 0.2) is 65.1 Å². The number of halogens is 3. The third-order valence-electron chi connectivity index (χ3n) is 7.24. The van der Waals surface area contributed by atoms with Crippen LogP contribution in [0.4, 0.5) is 13.2 Å². The lowest BCUT2D eigenvalue weighted by Crippen LogP contribution is -2.50. The molecule has 1 spiro atoms. The van der Waals surface area contributed by atoms with Crippen molar-refractivity contribution in [1.29, 1.82) is 0 Å². The molecule has 0 aliphatic carbocycles. The van der Waals surface area contributed by atoms with E-state index in [1.54, 1.807) is 29.0 Å². The molecule has 9 nitrogen and oxygen atoms in total. The summed E-state index contributed by atoms with van der Waals surface area (Å²) < 4.78 is 68.6. The molecule has 3 N–H and O–H groups in total. The highest BCUT2D eigenvalue weighted by Crippen LogP contribution is 2.34. The quantitative estimate of drug-likeness (QED) is 0.399. The normalized spacial score (nSPS) is 18.9. The number of hydrogen-bond acceptors (Lipinski definition) is 6. The minimum absolute atomic E-state index is 0.0130. The lowest BCUT2D eigenvalue weighted by Gasteiger charge is -2.34. The Hall–Kier alpha value is -3.52. The number of amidine groups is 1. The van der Waals surface area contributed by atoms with E-state index in [0.717, 1.165) is 28.4 Å². The van der Waals surface area contributed by atoms with Crippen molar-refractivity contribution in [3.63, 3.8) is 0 Å². The summed E-state index contributed by atoms with van der Waals surface area (Å²) in [7, 11) is -3.85. The molecule has 212 valence electrons. The second-order valence-electron chi connectivity index (χ2n) is 9.86. The van der Waals surface area contributed by atoms with Crippen LogP contribution in [0, 0.1) is 0 Å². The number of aliphatic hydroxyl groups excluding tert-OH is 2. The largest absolute Gasteiger partial charge is 0.416 e. The number of benzene rings is 2. The van der Waals surface area contributed by atoms with Crippen molar-refractivity contribution in [2.45, 2.75) is 37.2 Å². The van der Waals surface area contributed by atoms with Crippen molar-refractivity contribution < 1.29 is 36.6 Å². The van der Waals surface area contributed by atoms with Crippen molar-refractivity contribution >= 4 is 38.7 Å². The molecule has 13 heteroatoms. The number of fused-ring (bicyclic) bond motifs is 1. The van der Waals surface area contributed by atoms with Gasteiger partial charge in [-0.15, -0.1) is 0 Å². The molecule has 0 unspecified atom stereocenters. The van der Waals surface area contributed by atoms with Crippen LogP contribution < -0.4 is 5.32 Å². The number of carbonyl (C=O) groups excluding carboxylic acids is 1. The number of nitrogens with zero attached hydrogens (tertiary/aromatic N) is 3. The van der Waals surface area contributed by atoms with Gasteiger partial charge in [0, 0.05) is 41.2 Å². The van der Waals surface area contributed by atoms with E-state index >= 15 is 0 Å². The van der Waals surface area contributed by atoms with Crippen molar-refractivity contribution in [2.24, 2.45) is 4.99 Å². The number of aliphatic hydroxyl groups is 2. The zero-order chi connectivity index (χ0) is 28.7. The van der Waals surface area contributed by atoms with Crippen molar-refractivity contribution in [2.75, 3.05) is 19.7 Å². The second-order valence-corrected chi connectivity index (χ2v) is 11.7. The zero-order valence-corrected chi connectivity index (χ0v) is 22.0. The van der Waals surface area contributed by atoms with Gasteiger partial charge in [-0.05, 0) is 48.7 Å². The summed E-state index contributed by atoms with van der Waals surface area (Å²) in [6, 6.07) is 11.7. The fourth-order valence-electron chi connectivity index (χ4n) is 5.03. The van der Waals surface area contributed by atoms with Gasteiger partial charge in [0.2, 0.25) is 10.0 Å². The van der Waals surface area contributed by atoms with Gasteiger partial charge in [0.1, 0.15) is 11.4 Å². The van der Waals surface area contributed by atoms with Gasteiger partial charge < -0.3 is 20.1 Å². The first-order chi connectivity index (χ1) is 18.9. The highest BCUT2D eigenvalue weighted by Gasteiger charge is 2.47. The molecule has 1 amide bonds. The summed E-state index contributed by atoms with van der Waals surface area (Å²) >= 11 is 0. The summed E-state index contributed by atoms with van der Waals surface area (Å²) in [5.41, 5.74) is -0.545. The molecule has 40 heavy (non-hydrogen) atoms. The number of amides is 1. The van der Waals surface area contributed by atoms with Gasteiger partial charge in [-0.1, -0.05) is 24.3 Å². The summed E-state index contributed by atoms with van der Waals surface area (Å²) in [6.07, 6.45) is -2.06. The van der Waals surface area contributed by atoms with Crippen LogP contribution in [0.3, 0.4) is 0 Å². The Morgan fingerprint density at radius 2 is 1.85 bits per heavy atom. The number of alkyl halides is 3. The minimum Gasteiger partial charge on any atom is -0.394 e. The molecule has 1 aromatic heterocycles. The standard InChI is InChI=1S/C27H27F3N4O5S/c28-27(29,30)20-5-1-4-19(15-20)24-31-25(37)26(32-24)9-12-34(13-10-26)40(38,39)14-8-18-3-2-6-23-22(18)7-11-33(23)16-21(36)17-35/h1-8,11,14-15,21,35-36H,9-10,12-13,16-17H2,(H,31,32,37)/t21-/m0/s1. The third kappa shape index (κ3) is 5.42. The van der Waals surface area contributed by atoms with E-state index in [-0.39, 0.29) is 50.5 Å². The van der Waals surface area contributed by atoms with Gasteiger partial charge in [-0.2, -0.15) is 17.5 Å². The Kier molecular flexibility index (Phi) is 7.33. The molecule has 2 aliphatic heterocycles. The Balaban J connectivity index is 1.30. The van der Waals surface area contributed by atoms with E-state index in [1.165, 1.54) is 22.5 Å². The molecule has 2 aliphatic rings. The number of piperidine rings is 1. The first kappa shape index (κ1) is 28.0. The smallest absolute Gasteiger partial charge is 0.394 e. The van der Waals surface area contributed by atoms with E-state index in [1.807, 2.05) is 6.07 Å². The Bertz CT molecular complexity index is 1610. The van der Waals surface area contributed by atoms with Gasteiger partial charge in [-0.3, -0.25) is 9.79 Å². The molecule has 0 saturated carbocycles. The molecular weight excluding hydrogens is 549 g/mol. The highest BCUT2D eigenvalue weighted by atomic mass is 32.2. The Labute approximate surface area is 228 Å². The van der Waals surface area contributed by atoms with Crippen LogP contribution in [0.2, 0.25) is 0 Å². The van der Waals surface area contributed by atoms with Crippen LogP contribution >= 0.6 is 0 Å². The number of rotatable bonds is 7. The molecule has 1 fully saturated rings. The van der Waals surface area contributed by atoms with Gasteiger partial charge >= 0.3 is 6.18 Å². The van der Waals surface area contributed by atoms with Gasteiger partial charge in [0.15, 0.2) is 0 Å². The van der Waals surface area contributed by atoms with Gasteiger partial charge in [0.05, 0.1) is 24.8 Å². The minimum atomic E-state index is -4.54. The first-order valence-corrected chi connectivity index (χ1v) is 14.1. The fraction of sp³-hybridized carbons (Fsp3) is 0.333. The maximum absolute atomic E-state index is 13.1. The molecule has 1 atom stereocenters. The fourth-order valence-corrected chi connectivity index (χ4v) is 6.21. The number of aromatic nitrogens is 1. The molecule has 5 rings (SSSR count). The van der Waals surface area contributed by atoms with Crippen LogP contribution in [-0.4, -0.2) is 70.6 Å². The average Bonchev–Trinajstić information content (AvgIpc) is 3.48. The van der Waals surface area contributed by atoms with E-state index in [0.29, 0.717) is 5.56 Å². The third-order valence-corrected chi connectivity index (χ3v) is 8.80. The maximum atomic E-state index is 13.1. The number of sulfonamides is 1. The van der Waals surface area contributed by atoms with E-state index in [4.69, 9.17) is 5.11 Å². The summed E-state index contributed by atoms with van der Waals surface area (Å²) in [6.45, 7) is -0.168. The number of hydrogen-bond donors (Lipinski definition) is 3. The number of aliphatic imine (C=N–C) groups is 1. The molecule has 1 saturated heterocycles. The van der Waals surface area contributed by atoms with Gasteiger partial charge in [-0.25, -0.2) is 8.42 Å². The zero-order valence-electron chi connectivity index (χ0n) is 21.2. The molecule has 3 heterocycles. The second kappa shape index (κ2) is 10.5. The van der Waals surface area contributed by atoms with Crippen LogP contribution in [-0.2, 0) is 27.5 Å². The van der Waals surface area contributed by atoms with Crippen molar-refractivity contribution in [3.8, 4) is 0 Å². The number of nitrogens with one attached hydrogen (secondary N) is 1. The molecule has 0 bridgehead atoms. The molecule has 0 radical (unpaired) electrons. The summed E-state index contributed by atoms with van der Waals surface area (Å²) in [5.74, 6) is -0.422.